The molecule has 1 amide bonds. The van der Waals surface area contributed by atoms with E-state index in [1.807, 2.05) is 31.2 Å². The molecule has 3 aromatic rings. The molecule has 0 saturated carbocycles. The van der Waals surface area contributed by atoms with Crippen molar-refractivity contribution in [3.63, 3.8) is 0 Å². The fourth-order valence-corrected chi connectivity index (χ4v) is 3.92. The maximum Gasteiger partial charge on any atom is 0.253 e. The van der Waals surface area contributed by atoms with Crippen molar-refractivity contribution >= 4 is 16.8 Å². The third-order valence-corrected chi connectivity index (χ3v) is 5.66. The Bertz CT molecular complexity index is 1070. The molecule has 0 aliphatic carbocycles. The van der Waals surface area contributed by atoms with Gasteiger partial charge in [0, 0.05) is 31.1 Å². The molecule has 0 bridgehead atoms. The van der Waals surface area contributed by atoms with Gasteiger partial charge in [0.2, 0.25) is 0 Å². The van der Waals surface area contributed by atoms with Crippen LogP contribution in [0.2, 0.25) is 0 Å². The van der Waals surface area contributed by atoms with Crippen molar-refractivity contribution in [3.8, 4) is 5.75 Å². The van der Waals surface area contributed by atoms with Gasteiger partial charge in [0.25, 0.3) is 5.91 Å². The highest BCUT2D eigenvalue weighted by Gasteiger charge is 2.24. The minimum Gasteiger partial charge on any atom is -0.497 e. The van der Waals surface area contributed by atoms with Crippen LogP contribution in [0.5, 0.6) is 5.75 Å². The Kier molecular flexibility index (Phi) is 6.44. The fourth-order valence-electron chi connectivity index (χ4n) is 3.92. The van der Waals surface area contributed by atoms with E-state index in [4.69, 9.17) is 9.47 Å². The molecule has 4 rings (SSSR count). The first-order valence-electron chi connectivity index (χ1n) is 10.4. The number of aromatic nitrogens is 1. The number of benzene rings is 2. The zero-order valence-electron chi connectivity index (χ0n) is 17.7. The van der Waals surface area contributed by atoms with E-state index in [0.29, 0.717) is 31.0 Å². The van der Waals surface area contributed by atoms with Gasteiger partial charge in [-0.05, 0) is 42.8 Å². The lowest BCUT2D eigenvalue weighted by Gasteiger charge is -2.35. The van der Waals surface area contributed by atoms with Crippen LogP contribution in [0.1, 0.15) is 27.7 Å². The van der Waals surface area contributed by atoms with Gasteiger partial charge in [-0.2, -0.15) is 0 Å². The number of hydrogen-bond acceptors (Lipinski definition) is 5. The summed E-state index contributed by atoms with van der Waals surface area (Å²) in [6.45, 7) is 5.04. The second-order valence-electron chi connectivity index (χ2n) is 7.61. The van der Waals surface area contributed by atoms with Crippen molar-refractivity contribution in [3.05, 3.63) is 71.2 Å². The van der Waals surface area contributed by atoms with Crippen LogP contribution < -0.4 is 10.1 Å². The van der Waals surface area contributed by atoms with E-state index < -0.39 is 0 Å². The number of amides is 1. The lowest BCUT2D eigenvalue weighted by Crippen LogP contribution is -2.43. The molecule has 162 valence electrons. The number of ether oxygens (including phenoxy) is 2. The molecule has 0 spiro atoms. The monoisotopic (exact) mass is 423 g/mol. The molecule has 1 aromatic heterocycles. The molecule has 6 nitrogen and oxygen atoms in total. The van der Waals surface area contributed by atoms with Crippen molar-refractivity contribution in [2.45, 2.75) is 13.0 Å². The Balaban J connectivity index is 1.54. The smallest absolute Gasteiger partial charge is 0.253 e. The summed E-state index contributed by atoms with van der Waals surface area (Å²) in [5.74, 6) is 0.273. The molecule has 1 fully saturated rings. The van der Waals surface area contributed by atoms with Gasteiger partial charge >= 0.3 is 0 Å². The predicted octanol–water partition coefficient (Wildman–Crippen LogP) is 3.49. The van der Waals surface area contributed by atoms with Gasteiger partial charge in [0.05, 0.1) is 43.1 Å². The van der Waals surface area contributed by atoms with Crippen LogP contribution in [-0.2, 0) is 4.74 Å². The first-order chi connectivity index (χ1) is 15.0. The highest BCUT2D eigenvalue weighted by molar-refractivity contribution is 5.98. The molecule has 1 aliphatic rings. The van der Waals surface area contributed by atoms with Crippen LogP contribution in [0.4, 0.5) is 4.39 Å². The summed E-state index contributed by atoms with van der Waals surface area (Å²) < 4.78 is 24.2. The van der Waals surface area contributed by atoms with Crippen LogP contribution in [0, 0.1) is 12.7 Å². The number of fused-ring (bicyclic) bond motifs is 1. The highest BCUT2D eigenvalue weighted by Crippen LogP contribution is 2.24. The summed E-state index contributed by atoms with van der Waals surface area (Å²) in [6, 6.07) is 13.9. The Labute approximate surface area is 181 Å². The molecule has 2 aromatic carbocycles. The van der Waals surface area contributed by atoms with E-state index in [1.54, 1.807) is 19.2 Å². The van der Waals surface area contributed by atoms with E-state index in [0.717, 1.165) is 35.3 Å². The van der Waals surface area contributed by atoms with Crippen molar-refractivity contribution in [1.82, 2.24) is 15.2 Å². The van der Waals surface area contributed by atoms with Crippen LogP contribution >= 0.6 is 0 Å². The van der Waals surface area contributed by atoms with Crippen LogP contribution in [0.25, 0.3) is 10.9 Å². The van der Waals surface area contributed by atoms with Gasteiger partial charge in [0.1, 0.15) is 11.6 Å². The maximum atomic E-state index is 13.4. The number of halogens is 1. The summed E-state index contributed by atoms with van der Waals surface area (Å²) in [4.78, 5) is 19.9. The number of nitrogens with zero attached hydrogens (tertiary/aromatic N) is 2. The van der Waals surface area contributed by atoms with Gasteiger partial charge in [-0.15, -0.1) is 0 Å². The zero-order valence-corrected chi connectivity index (χ0v) is 17.7. The molecule has 31 heavy (non-hydrogen) atoms. The minimum absolute atomic E-state index is 0.0635. The first kappa shape index (κ1) is 21.2. The van der Waals surface area contributed by atoms with Crippen molar-refractivity contribution < 1.29 is 18.7 Å². The average Bonchev–Trinajstić information content (AvgIpc) is 2.80. The molecular formula is C24H26FN3O3. The lowest BCUT2D eigenvalue weighted by atomic mass is 10.0. The molecule has 1 atom stereocenters. The van der Waals surface area contributed by atoms with E-state index in [1.165, 1.54) is 12.1 Å². The second-order valence-corrected chi connectivity index (χ2v) is 7.61. The van der Waals surface area contributed by atoms with E-state index in [2.05, 4.69) is 15.2 Å². The summed E-state index contributed by atoms with van der Waals surface area (Å²) in [6.07, 6.45) is 0. The normalized spacial score (nSPS) is 15.6. The predicted molar refractivity (Wildman–Crippen MR) is 117 cm³/mol. The largest absolute Gasteiger partial charge is 0.497 e. The standard InChI is InChI=1S/C24H26FN3O3/c1-16-21(13-18-5-8-20(30-2)14-22(18)27-16)24(29)26-15-23(28-9-11-31-12-10-28)17-3-6-19(25)7-4-17/h3-8,13-14,23H,9-12,15H2,1-2H3,(H,26,29)/t23-/m0/s1. The van der Waals surface area contributed by atoms with Crippen LogP contribution in [-0.4, -0.2) is 55.7 Å². The molecule has 7 heteroatoms. The van der Waals surface area contributed by atoms with Gasteiger partial charge in [0.15, 0.2) is 0 Å². The third kappa shape index (κ3) is 4.84. The number of aryl methyl sites for hydroxylation is 1. The number of carbonyl (C=O) groups excluding carboxylic acids is 1. The Morgan fingerprint density at radius 3 is 2.65 bits per heavy atom. The molecule has 1 saturated heterocycles. The first-order valence-corrected chi connectivity index (χ1v) is 10.4. The van der Waals surface area contributed by atoms with E-state index >= 15 is 0 Å². The van der Waals surface area contributed by atoms with Gasteiger partial charge < -0.3 is 14.8 Å². The summed E-state index contributed by atoms with van der Waals surface area (Å²) in [5, 5.41) is 3.93. The number of morpholine rings is 1. The minimum atomic E-state index is -0.275. The third-order valence-electron chi connectivity index (χ3n) is 5.66. The number of carbonyl (C=O) groups is 1. The molecule has 2 heterocycles. The number of rotatable bonds is 6. The molecular weight excluding hydrogens is 397 g/mol. The number of nitrogens with one attached hydrogen (secondary N) is 1. The average molecular weight is 423 g/mol. The summed E-state index contributed by atoms with van der Waals surface area (Å²) >= 11 is 0. The van der Waals surface area contributed by atoms with Crippen LogP contribution in [0.3, 0.4) is 0 Å². The Morgan fingerprint density at radius 1 is 1.19 bits per heavy atom. The zero-order chi connectivity index (χ0) is 21.8. The van der Waals surface area contributed by atoms with Gasteiger partial charge in [-0.3, -0.25) is 14.7 Å². The highest BCUT2D eigenvalue weighted by atomic mass is 19.1. The lowest BCUT2D eigenvalue weighted by molar-refractivity contribution is 0.0162. The maximum absolute atomic E-state index is 13.4. The SMILES string of the molecule is COc1ccc2cc(C(=O)NC[C@@H](c3ccc(F)cc3)N3CCOCC3)c(C)nc2c1. The van der Waals surface area contributed by atoms with Crippen molar-refractivity contribution in [2.75, 3.05) is 40.0 Å². The molecule has 0 unspecified atom stereocenters. The van der Waals surface area contributed by atoms with Crippen LogP contribution in [0.15, 0.2) is 48.5 Å². The van der Waals surface area contributed by atoms with E-state index in [9.17, 15) is 9.18 Å². The second kappa shape index (κ2) is 9.41. The van der Waals surface area contributed by atoms with Gasteiger partial charge in [-0.25, -0.2) is 4.39 Å². The van der Waals surface area contributed by atoms with Gasteiger partial charge in [-0.1, -0.05) is 12.1 Å². The number of methoxy groups -OCH3 is 1. The number of hydrogen-bond donors (Lipinski definition) is 1. The Morgan fingerprint density at radius 2 is 1.94 bits per heavy atom. The summed E-state index contributed by atoms with van der Waals surface area (Å²) in [7, 11) is 1.61. The quantitative estimate of drug-likeness (QED) is 0.658. The topological polar surface area (TPSA) is 63.7 Å². The van der Waals surface area contributed by atoms with Crippen molar-refractivity contribution in [2.24, 2.45) is 0 Å². The fraction of sp³-hybridized carbons (Fsp3) is 0.333. The van der Waals surface area contributed by atoms with E-state index in [-0.39, 0.29) is 17.8 Å². The summed E-state index contributed by atoms with van der Waals surface area (Å²) in [5.41, 5.74) is 2.94. The molecule has 0 radical (unpaired) electrons. The Hall–Kier alpha value is -3.03. The van der Waals surface area contributed by atoms with Crippen molar-refractivity contribution in [1.29, 1.82) is 0 Å². The molecule has 1 N–H and O–H groups in total. The number of pyridine rings is 1. The molecule has 1 aliphatic heterocycles.